The second-order valence-corrected chi connectivity index (χ2v) is 7.69. The highest BCUT2D eigenvalue weighted by molar-refractivity contribution is 14.1. The number of ether oxygens (including phenoxy) is 3. The van der Waals surface area contributed by atoms with Crippen LogP contribution in [0.2, 0.25) is 0 Å². The molecule has 1 aliphatic heterocycles. The van der Waals surface area contributed by atoms with E-state index in [1.54, 1.807) is 12.1 Å². The van der Waals surface area contributed by atoms with Gasteiger partial charge in [-0.1, -0.05) is 5.92 Å². The summed E-state index contributed by atoms with van der Waals surface area (Å²) in [6.07, 6.45) is 6.58. The van der Waals surface area contributed by atoms with Gasteiger partial charge in [-0.2, -0.15) is 0 Å². The molecule has 0 spiro atoms. The third-order valence-electron chi connectivity index (χ3n) is 4.51. The fourth-order valence-corrected chi connectivity index (χ4v) is 3.78. The monoisotopic (exact) mass is 560 g/mol. The van der Waals surface area contributed by atoms with E-state index in [2.05, 4.69) is 16.0 Å². The fourth-order valence-electron chi connectivity index (χ4n) is 3.00. The zero-order valence-corrected chi connectivity index (χ0v) is 19.7. The highest BCUT2D eigenvalue weighted by atomic mass is 127. The average molecular weight is 560 g/mol. The minimum absolute atomic E-state index is 0.0412. The largest absolute Gasteiger partial charge is 0.493 e. The van der Waals surface area contributed by atoms with Gasteiger partial charge in [0.2, 0.25) is 0 Å². The Morgan fingerprint density at radius 3 is 2.48 bits per heavy atom. The summed E-state index contributed by atoms with van der Waals surface area (Å²) < 4.78 is 16.1. The molecule has 0 saturated carbocycles. The molecule has 9 nitrogen and oxygen atoms in total. The van der Waals surface area contributed by atoms with Crippen LogP contribution >= 0.6 is 22.6 Å². The number of rotatable bonds is 6. The smallest absolute Gasteiger partial charge is 0.337 e. The molecule has 0 bridgehead atoms. The first-order chi connectivity index (χ1) is 15.8. The number of amides is 4. The van der Waals surface area contributed by atoms with Crippen molar-refractivity contribution < 1.29 is 33.4 Å². The maximum Gasteiger partial charge on any atom is 0.337 e. The van der Waals surface area contributed by atoms with Crippen molar-refractivity contribution in [3.05, 3.63) is 56.7 Å². The molecule has 2 aromatic rings. The normalized spacial score (nSPS) is 14.5. The number of esters is 1. The van der Waals surface area contributed by atoms with Crippen molar-refractivity contribution in [2.45, 2.75) is 0 Å². The van der Waals surface area contributed by atoms with Crippen LogP contribution in [0.5, 0.6) is 11.5 Å². The van der Waals surface area contributed by atoms with Crippen molar-refractivity contribution in [3.63, 3.8) is 0 Å². The van der Waals surface area contributed by atoms with Gasteiger partial charge in [-0.15, -0.1) is 6.42 Å². The van der Waals surface area contributed by atoms with Gasteiger partial charge in [0.05, 0.1) is 29.0 Å². The maximum atomic E-state index is 13.1. The predicted molar refractivity (Wildman–Crippen MR) is 127 cm³/mol. The molecule has 1 aliphatic rings. The summed E-state index contributed by atoms with van der Waals surface area (Å²) in [4.78, 5) is 50.3. The molecule has 3 rings (SSSR count). The summed E-state index contributed by atoms with van der Waals surface area (Å²) in [5, 5.41) is 2.15. The number of anilines is 1. The summed E-state index contributed by atoms with van der Waals surface area (Å²) in [6, 6.07) is 7.97. The number of halogens is 1. The number of hydrogen-bond acceptors (Lipinski definition) is 7. The Balaban J connectivity index is 1.98. The van der Waals surface area contributed by atoms with Crippen LogP contribution < -0.4 is 19.7 Å². The molecular formula is C23H17IN2O7. The summed E-state index contributed by atoms with van der Waals surface area (Å²) in [7, 11) is 2.69. The van der Waals surface area contributed by atoms with Crippen molar-refractivity contribution in [3.8, 4) is 23.8 Å². The molecule has 168 valence electrons. The minimum atomic E-state index is -0.904. The van der Waals surface area contributed by atoms with E-state index in [-0.39, 0.29) is 23.4 Å². The van der Waals surface area contributed by atoms with Crippen LogP contribution in [0.1, 0.15) is 15.9 Å². The lowest BCUT2D eigenvalue weighted by atomic mass is 10.1. The third kappa shape index (κ3) is 4.98. The number of benzene rings is 2. The van der Waals surface area contributed by atoms with Crippen LogP contribution in [0.15, 0.2) is 42.0 Å². The molecule has 2 aromatic carbocycles. The van der Waals surface area contributed by atoms with Crippen molar-refractivity contribution in [2.24, 2.45) is 0 Å². The summed E-state index contributed by atoms with van der Waals surface area (Å²) in [5.74, 6) is 0.935. The van der Waals surface area contributed by atoms with Gasteiger partial charge in [0.1, 0.15) is 12.2 Å². The molecule has 0 radical (unpaired) electrons. The van der Waals surface area contributed by atoms with Crippen LogP contribution in [0.3, 0.4) is 0 Å². The van der Waals surface area contributed by atoms with Gasteiger partial charge in [-0.25, -0.2) is 14.5 Å². The van der Waals surface area contributed by atoms with E-state index >= 15 is 0 Å². The zero-order valence-electron chi connectivity index (χ0n) is 17.5. The van der Waals surface area contributed by atoms with Crippen molar-refractivity contribution >= 4 is 58.2 Å². The summed E-state index contributed by atoms with van der Waals surface area (Å²) >= 11 is 2.02. The molecule has 0 unspecified atom stereocenters. The first-order valence-electron chi connectivity index (χ1n) is 9.34. The third-order valence-corrected chi connectivity index (χ3v) is 5.31. The number of carbonyl (C=O) groups is 4. The molecule has 4 amide bonds. The topological polar surface area (TPSA) is 111 Å². The number of hydrogen-bond donors (Lipinski definition) is 1. The quantitative estimate of drug-likeness (QED) is 0.190. The number of urea groups is 1. The SMILES string of the molecule is C#CCOc1c(I)cc(/C=C2\C(=O)NC(=O)N(c3ccc(C(=O)OC)cc3)C2=O)cc1OC. The maximum absolute atomic E-state index is 13.1. The van der Waals surface area contributed by atoms with E-state index in [1.807, 2.05) is 22.6 Å². The number of barbiturate groups is 1. The number of carbonyl (C=O) groups excluding carboxylic acids is 4. The number of terminal acetylenes is 1. The van der Waals surface area contributed by atoms with Crippen LogP contribution in [0.4, 0.5) is 10.5 Å². The Kier molecular flexibility index (Phi) is 7.34. The molecule has 1 N–H and O–H groups in total. The molecule has 1 heterocycles. The molecule has 0 aromatic heterocycles. The van der Waals surface area contributed by atoms with Crippen molar-refractivity contribution in [2.75, 3.05) is 25.7 Å². The standard InChI is InChI=1S/C23H17IN2O7/c1-4-9-33-19-17(24)11-13(12-18(19)31-2)10-16-20(27)25-23(30)26(21(16)28)15-7-5-14(6-8-15)22(29)32-3/h1,5-8,10-12H,9H2,2-3H3,(H,25,27,30)/b16-10+. The van der Waals surface area contributed by atoms with E-state index in [1.165, 1.54) is 44.6 Å². The van der Waals surface area contributed by atoms with Gasteiger partial charge >= 0.3 is 12.0 Å². The van der Waals surface area contributed by atoms with E-state index in [0.29, 0.717) is 20.6 Å². The molecule has 0 aliphatic carbocycles. The van der Waals surface area contributed by atoms with Gasteiger partial charge in [0, 0.05) is 0 Å². The highest BCUT2D eigenvalue weighted by Crippen LogP contribution is 2.35. The Morgan fingerprint density at radius 2 is 1.88 bits per heavy atom. The van der Waals surface area contributed by atoms with E-state index in [4.69, 9.17) is 15.9 Å². The first kappa shape index (κ1) is 23.8. The first-order valence-corrected chi connectivity index (χ1v) is 10.4. The van der Waals surface area contributed by atoms with E-state index < -0.39 is 23.8 Å². The number of methoxy groups -OCH3 is 2. The average Bonchev–Trinajstić information content (AvgIpc) is 2.80. The number of nitrogens with one attached hydrogen (secondary N) is 1. The van der Waals surface area contributed by atoms with E-state index in [9.17, 15) is 19.2 Å². The van der Waals surface area contributed by atoms with Crippen molar-refractivity contribution in [1.82, 2.24) is 5.32 Å². The molecule has 33 heavy (non-hydrogen) atoms. The van der Waals surface area contributed by atoms with Crippen LogP contribution in [-0.2, 0) is 14.3 Å². The Hall–Kier alpha value is -3.85. The van der Waals surface area contributed by atoms with Gasteiger partial charge < -0.3 is 14.2 Å². The minimum Gasteiger partial charge on any atom is -0.493 e. The van der Waals surface area contributed by atoms with Gasteiger partial charge in [0.15, 0.2) is 11.5 Å². The molecule has 1 saturated heterocycles. The Labute approximate surface area is 202 Å². The van der Waals surface area contributed by atoms with Crippen LogP contribution in [0.25, 0.3) is 6.08 Å². The number of nitrogens with zero attached hydrogens (tertiary/aromatic N) is 1. The van der Waals surface area contributed by atoms with E-state index in [0.717, 1.165) is 4.90 Å². The molecule has 10 heteroatoms. The lowest BCUT2D eigenvalue weighted by Gasteiger charge is -2.26. The lowest BCUT2D eigenvalue weighted by Crippen LogP contribution is -2.54. The Bertz CT molecular complexity index is 1210. The van der Waals surface area contributed by atoms with Crippen molar-refractivity contribution in [1.29, 1.82) is 0 Å². The fraction of sp³-hybridized carbons (Fsp3) is 0.130. The highest BCUT2D eigenvalue weighted by Gasteiger charge is 2.37. The second-order valence-electron chi connectivity index (χ2n) is 6.52. The molecule has 0 atom stereocenters. The van der Waals surface area contributed by atoms with Gasteiger partial charge in [0.25, 0.3) is 11.8 Å². The van der Waals surface area contributed by atoms with Crippen LogP contribution in [-0.4, -0.2) is 44.6 Å². The van der Waals surface area contributed by atoms with Crippen LogP contribution in [0, 0.1) is 15.9 Å². The lowest BCUT2D eigenvalue weighted by molar-refractivity contribution is -0.122. The summed E-state index contributed by atoms with van der Waals surface area (Å²) in [5.41, 5.74) is 0.625. The van der Waals surface area contributed by atoms with Gasteiger partial charge in [-0.05, 0) is 70.6 Å². The molecular weight excluding hydrogens is 543 g/mol. The number of imide groups is 2. The Morgan fingerprint density at radius 1 is 1.18 bits per heavy atom. The predicted octanol–water partition coefficient (Wildman–Crippen LogP) is 2.76. The van der Waals surface area contributed by atoms with Gasteiger partial charge in [-0.3, -0.25) is 14.9 Å². The second kappa shape index (κ2) is 10.2. The summed E-state index contributed by atoms with van der Waals surface area (Å²) in [6.45, 7) is 0.0412. The zero-order chi connectivity index (χ0) is 24.1. The molecule has 1 fully saturated rings.